The van der Waals surface area contributed by atoms with Crippen LogP contribution in [0.5, 0.6) is 5.75 Å². The van der Waals surface area contributed by atoms with Crippen molar-refractivity contribution in [2.45, 2.75) is 20.8 Å². The number of imidazole rings is 1. The second-order valence-electron chi connectivity index (χ2n) is 7.65. The summed E-state index contributed by atoms with van der Waals surface area (Å²) in [6.07, 6.45) is 0. The van der Waals surface area contributed by atoms with Crippen LogP contribution in [0.2, 0.25) is 0 Å². The van der Waals surface area contributed by atoms with Crippen molar-refractivity contribution < 1.29 is 9.53 Å². The van der Waals surface area contributed by atoms with Crippen LogP contribution in [0.15, 0.2) is 60.7 Å². The number of benzene rings is 3. The van der Waals surface area contributed by atoms with E-state index < -0.39 is 0 Å². The summed E-state index contributed by atoms with van der Waals surface area (Å²) < 4.78 is 5.38. The SMILES string of the molecule is CCN(CC)c1cc2nc(-c3ccccc3)[nH]c2cc1NC(=O)c1ccc(C)c(OC)c1. The average molecular weight is 429 g/mol. The minimum atomic E-state index is -0.182. The van der Waals surface area contributed by atoms with Gasteiger partial charge in [0.15, 0.2) is 0 Å². The molecule has 2 N–H and O–H groups in total. The van der Waals surface area contributed by atoms with Gasteiger partial charge in [-0.3, -0.25) is 4.79 Å². The van der Waals surface area contributed by atoms with Crippen LogP contribution in [0.1, 0.15) is 29.8 Å². The van der Waals surface area contributed by atoms with Gasteiger partial charge in [0.25, 0.3) is 5.91 Å². The molecular weight excluding hydrogens is 400 g/mol. The highest BCUT2D eigenvalue weighted by atomic mass is 16.5. The largest absolute Gasteiger partial charge is 0.496 e. The first-order valence-corrected chi connectivity index (χ1v) is 10.8. The number of carbonyl (C=O) groups excluding carboxylic acids is 1. The molecule has 0 aliphatic rings. The molecule has 0 bridgehead atoms. The van der Waals surface area contributed by atoms with E-state index >= 15 is 0 Å². The number of ether oxygens (including phenoxy) is 1. The first-order valence-electron chi connectivity index (χ1n) is 10.8. The number of nitrogens with one attached hydrogen (secondary N) is 2. The van der Waals surface area contributed by atoms with Gasteiger partial charge >= 0.3 is 0 Å². The van der Waals surface area contributed by atoms with Gasteiger partial charge in [-0.2, -0.15) is 0 Å². The van der Waals surface area contributed by atoms with Crippen molar-refractivity contribution in [2.75, 3.05) is 30.4 Å². The molecule has 6 heteroatoms. The summed E-state index contributed by atoms with van der Waals surface area (Å²) in [5.74, 6) is 1.31. The van der Waals surface area contributed by atoms with Crippen LogP contribution in [-0.2, 0) is 0 Å². The van der Waals surface area contributed by atoms with Crippen molar-refractivity contribution >= 4 is 28.3 Å². The van der Waals surface area contributed by atoms with E-state index in [0.717, 1.165) is 52.4 Å². The van der Waals surface area contributed by atoms with Crippen LogP contribution in [0.4, 0.5) is 11.4 Å². The molecule has 0 fully saturated rings. The van der Waals surface area contributed by atoms with Crippen LogP contribution in [0.3, 0.4) is 0 Å². The summed E-state index contributed by atoms with van der Waals surface area (Å²) in [6.45, 7) is 7.79. The minimum Gasteiger partial charge on any atom is -0.496 e. The number of fused-ring (bicyclic) bond motifs is 1. The van der Waals surface area contributed by atoms with Crippen molar-refractivity contribution in [1.82, 2.24) is 9.97 Å². The summed E-state index contributed by atoms with van der Waals surface area (Å²) >= 11 is 0. The van der Waals surface area contributed by atoms with E-state index in [4.69, 9.17) is 9.72 Å². The number of aryl methyl sites for hydroxylation is 1. The third-order valence-electron chi connectivity index (χ3n) is 5.67. The Labute approximate surface area is 188 Å². The zero-order valence-electron chi connectivity index (χ0n) is 18.9. The van der Waals surface area contributed by atoms with Crippen LogP contribution in [-0.4, -0.2) is 36.1 Å². The molecule has 0 aliphatic carbocycles. The summed E-state index contributed by atoms with van der Waals surface area (Å²) in [5.41, 5.74) is 5.98. The lowest BCUT2D eigenvalue weighted by atomic mass is 10.1. The molecular formula is C26H28N4O2. The number of methoxy groups -OCH3 is 1. The van der Waals surface area contributed by atoms with Gasteiger partial charge in [-0.25, -0.2) is 4.98 Å². The van der Waals surface area contributed by atoms with Crippen molar-refractivity contribution in [3.63, 3.8) is 0 Å². The predicted octanol–water partition coefficient (Wildman–Crippen LogP) is 5.65. The monoisotopic (exact) mass is 428 g/mol. The Morgan fingerprint density at radius 1 is 1.06 bits per heavy atom. The van der Waals surface area contributed by atoms with E-state index in [1.165, 1.54) is 0 Å². The number of aromatic nitrogens is 2. The zero-order chi connectivity index (χ0) is 22.7. The fraction of sp³-hybridized carbons (Fsp3) is 0.231. The Balaban J connectivity index is 1.76. The van der Waals surface area contributed by atoms with Gasteiger partial charge in [-0.1, -0.05) is 36.4 Å². The maximum Gasteiger partial charge on any atom is 0.255 e. The van der Waals surface area contributed by atoms with Crippen LogP contribution < -0.4 is 15.0 Å². The molecule has 0 unspecified atom stereocenters. The number of hydrogen-bond donors (Lipinski definition) is 2. The fourth-order valence-electron chi connectivity index (χ4n) is 3.86. The van der Waals surface area contributed by atoms with Gasteiger partial charge in [0.2, 0.25) is 0 Å². The third kappa shape index (κ3) is 4.17. The van der Waals surface area contributed by atoms with Gasteiger partial charge in [0, 0.05) is 24.2 Å². The van der Waals surface area contributed by atoms with E-state index in [1.807, 2.05) is 61.5 Å². The maximum absolute atomic E-state index is 13.1. The summed E-state index contributed by atoms with van der Waals surface area (Å²) in [4.78, 5) is 23.5. The molecule has 0 aliphatic heterocycles. The van der Waals surface area contributed by atoms with Gasteiger partial charge in [-0.15, -0.1) is 0 Å². The topological polar surface area (TPSA) is 70.2 Å². The van der Waals surface area contributed by atoms with E-state index in [9.17, 15) is 4.79 Å². The van der Waals surface area contributed by atoms with Gasteiger partial charge in [0.05, 0.1) is 29.5 Å². The second kappa shape index (κ2) is 9.14. The molecule has 32 heavy (non-hydrogen) atoms. The molecule has 1 heterocycles. The van der Waals surface area contributed by atoms with E-state index in [-0.39, 0.29) is 5.91 Å². The van der Waals surface area contributed by atoms with Crippen molar-refractivity contribution in [3.05, 3.63) is 71.8 Å². The van der Waals surface area contributed by atoms with Crippen LogP contribution in [0, 0.1) is 6.92 Å². The smallest absolute Gasteiger partial charge is 0.255 e. The van der Waals surface area contributed by atoms with E-state index in [1.54, 1.807) is 13.2 Å². The summed E-state index contributed by atoms with van der Waals surface area (Å²) in [5, 5.41) is 3.10. The van der Waals surface area contributed by atoms with Gasteiger partial charge < -0.3 is 19.9 Å². The number of nitrogens with zero attached hydrogens (tertiary/aromatic N) is 2. The number of hydrogen-bond acceptors (Lipinski definition) is 4. The van der Waals surface area contributed by atoms with Crippen molar-refractivity contribution in [1.29, 1.82) is 0 Å². The molecule has 0 atom stereocenters. The molecule has 1 aromatic heterocycles. The van der Waals surface area contributed by atoms with E-state index in [0.29, 0.717) is 11.3 Å². The summed E-state index contributed by atoms with van der Waals surface area (Å²) in [6, 6.07) is 19.5. The minimum absolute atomic E-state index is 0.182. The molecule has 4 rings (SSSR count). The Kier molecular flexibility index (Phi) is 6.12. The Morgan fingerprint density at radius 2 is 1.81 bits per heavy atom. The van der Waals surface area contributed by atoms with Gasteiger partial charge in [0.1, 0.15) is 11.6 Å². The maximum atomic E-state index is 13.1. The van der Waals surface area contributed by atoms with Crippen molar-refractivity contribution in [3.8, 4) is 17.1 Å². The first kappa shape index (κ1) is 21.4. The lowest BCUT2D eigenvalue weighted by molar-refractivity contribution is 0.102. The lowest BCUT2D eigenvalue weighted by Gasteiger charge is -2.24. The highest BCUT2D eigenvalue weighted by molar-refractivity contribution is 6.07. The Bertz CT molecular complexity index is 1240. The quantitative estimate of drug-likeness (QED) is 0.399. The zero-order valence-corrected chi connectivity index (χ0v) is 18.9. The number of aromatic amines is 1. The molecule has 0 spiro atoms. The average Bonchev–Trinajstić information content (AvgIpc) is 3.23. The fourth-order valence-corrected chi connectivity index (χ4v) is 3.86. The normalized spacial score (nSPS) is 10.9. The van der Waals surface area contributed by atoms with E-state index in [2.05, 4.69) is 29.0 Å². The number of rotatable bonds is 7. The van der Waals surface area contributed by atoms with Crippen LogP contribution >= 0.6 is 0 Å². The molecule has 0 saturated carbocycles. The number of amides is 1. The number of H-pyrrole nitrogens is 1. The third-order valence-corrected chi connectivity index (χ3v) is 5.67. The highest BCUT2D eigenvalue weighted by Gasteiger charge is 2.17. The predicted molar refractivity (Wildman–Crippen MR) is 131 cm³/mol. The Hall–Kier alpha value is -3.80. The number of anilines is 2. The first-order chi connectivity index (χ1) is 15.5. The molecule has 164 valence electrons. The highest BCUT2D eigenvalue weighted by Crippen LogP contribution is 2.33. The molecule has 0 saturated heterocycles. The molecule has 4 aromatic rings. The Morgan fingerprint density at radius 3 is 2.50 bits per heavy atom. The molecule has 3 aromatic carbocycles. The van der Waals surface area contributed by atoms with Gasteiger partial charge in [-0.05, 0) is 50.6 Å². The summed E-state index contributed by atoms with van der Waals surface area (Å²) in [7, 11) is 1.61. The molecule has 0 radical (unpaired) electrons. The molecule has 6 nitrogen and oxygen atoms in total. The number of carbonyl (C=O) groups is 1. The van der Waals surface area contributed by atoms with Crippen LogP contribution in [0.25, 0.3) is 22.4 Å². The van der Waals surface area contributed by atoms with Crippen molar-refractivity contribution in [2.24, 2.45) is 0 Å². The lowest BCUT2D eigenvalue weighted by Crippen LogP contribution is -2.24. The standard InChI is InChI=1S/C26H28N4O2/c1-5-30(6-2)23-16-21-20(27-25(28-21)18-10-8-7-9-11-18)15-22(23)29-26(31)19-13-12-17(3)24(14-19)32-4/h7-16H,5-6H2,1-4H3,(H,27,28)(H,29,31). The second-order valence-corrected chi connectivity index (χ2v) is 7.65. The molecule has 1 amide bonds.